The van der Waals surface area contributed by atoms with E-state index in [2.05, 4.69) is 27.3 Å². The summed E-state index contributed by atoms with van der Waals surface area (Å²) in [5.41, 5.74) is 2.99. The zero-order chi connectivity index (χ0) is 13.9. The van der Waals surface area contributed by atoms with Crippen LogP contribution < -0.4 is 5.32 Å². The summed E-state index contributed by atoms with van der Waals surface area (Å²) >= 11 is 1.77. The first kappa shape index (κ1) is 13.2. The number of nitrogens with one attached hydrogen (secondary N) is 1. The van der Waals surface area contributed by atoms with E-state index < -0.39 is 0 Å². The van der Waals surface area contributed by atoms with Crippen LogP contribution in [0.15, 0.2) is 24.7 Å². The van der Waals surface area contributed by atoms with E-state index in [-0.39, 0.29) is 0 Å². The second-order valence-corrected chi connectivity index (χ2v) is 5.93. The first-order chi connectivity index (χ1) is 9.74. The molecule has 0 aliphatic carbocycles. The number of hydrogen-bond acceptors (Lipinski definition) is 5. The molecule has 1 N–H and O–H groups in total. The van der Waals surface area contributed by atoms with E-state index in [9.17, 15) is 0 Å². The summed E-state index contributed by atoms with van der Waals surface area (Å²) in [5.74, 6) is 0. The van der Waals surface area contributed by atoms with Gasteiger partial charge in [-0.2, -0.15) is 5.10 Å². The summed E-state index contributed by atoms with van der Waals surface area (Å²) in [4.78, 5) is 10.1. The topological polar surface area (TPSA) is 55.1 Å². The summed E-state index contributed by atoms with van der Waals surface area (Å²) in [6, 6.07) is 1.97. The second kappa shape index (κ2) is 5.68. The van der Waals surface area contributed by atoms with Crippen LogP contribution in [0.3, 0.4) is 0 Å². The molecule has 3 aromatic heterocycles. The molecule has 0 saturated carbocycles. The highest BCUT2D eigenvalue weighted by molar-refractivity contribution is 7.11. The third-order valence-electron chi connectivity index (χ3n) is 3.04. The molecular weight excluding hydrogens is 270 g/mol. The molecule has 20 heavy (non-hydrogen) atoms. The van der Waals surface area contributed by atoms with Crippen molar-refractivity contribution in [2.45, 2.75) is 33.4 Å². The maximum absolute atomic E-state index is 4.39. The van der Waals surface area contributed by atoms with Crippen LogP contribution in [-0.4, -0.2) is 19.6 Å². The van der Waals surface area contributed by atoms with Crippen LogP contribution in [-0.2, 0) is 19.5 Å². The maximum atomic E-state index is 4.39. The highest BCUT2D eigenvalue weighted by Gasteiger charge is 2.02. The Balaban J connectivity index is 1.61. The molecule has 0 radical (unpaired) electrons. The molecule has 0 bridgehead atoms. The zero-order valence-corrected chi connectivity index (χ0v) is 12.4. The van der Waals surface area contributed by atoms with Gasteiger partial charge in [-0.15, -0.1) is 11.3 Å². The average molecular weight is 287 g/mol. The number of aryl methyl sites for hydroxylation is 2. The molecule has 0 unspecified atom stereocenters. The van der Waals surface area contributed by atoms with Gasteiger partial charge in [-0.3, -0.25) is 0 Å². The number of thiazole rings is 1. The number of rotatable bonds is 5. The van der Waals surface area contributed by atoms with Gasteiger partial charge < -0.3 is 5.32 Å². The van der Waals surface area contributed by atoms with E-state index in [1.807, 2.05) is 36.1 Å². The van der Waals surface area contributed by atoms with E-state index in [4.69, 9.17) is 0 Å². The van der Waals surface area contributed by atoms with Gasteiger partial charge in [0.25, 0.3) is 0 Å². The van der Waals surface area contributed by atoms with Crippen molar-refractivity contribution < 1.29 is 0 Å². The molecule has 0 spiro atoms. The van der Waals surface area contributed by atoms with Crippen LogP contribution in [0.4, 0.5) is 0 Å². The molecule has 0 saturated heterocycles. The monoisotopic (exact) mass is 287 g/mol. The van der Waals surface area contributed by atoms with Crippen LogP contribution in [0.1, 0.15) is 28.1 Å². The summed E-state index contributed by atoms with van der Waals surface area (Å²) in [6.45, 7) is 5.68. The van der Waals surface area contributed by atoms with Crippen LogP contribution in [0.2, 0.25) is 0 Å². The predicted molar refractivity (Wildman–Crippen MR) is 79.8 cm³/mol. The fourth-order valence-corrected chi connectivity index (χ4v) is 2.86. The highest BCUT2D eigenvalue weighted by Crippen LogP contribution is 2.13. The minimum absolute atomic E-state index is 0.767. The molecule has 3 aromatic rings. The molecule has 3 heterocycles. The molecule has 0 atom stereocenters. The predicted octanol–water partition coefficient (Wildman–Crippen LogP) is 2.35. The summed E-state index contributed by atoms with van der Waals surface area (Å²) in [6.07, 6.45) is 6.92. The van der Waals surface area contributed by atoms with Gasteiger partial charge in [-0.05, 0) is 13.3 Å². The van der Waals surface area contributed by atoms with Gasteiger partial charge in [0.2, 0.25) is 0 Å². The standard InChI is InChI=1S/C14H17N5S/c1-3-12-7-17-14(20-12)8-15-5-11-6-16-13-4-10(2)18-19(13)9-11/h4,6-7,9,15H,3,5,8H2,1-2H3. The Morgan fingerprint density at radius 1 is 1.25 bits per heavy atom. The lowest BCUT2D eigenvalue weighted by Gasteiger charge is -2.03. The molecule has 104 valence electrons. The highest BCUT2D eigenvalue weighted by atomic mass is 32.1. The molecule has 6 heteroatoms. The fourth-order valence-electron chi connectivity index (χ4n) is 2.03. The molecule has 0 aliphatic heterocycles. The van der Waals surface area contributed by atoms with Crippen molar-refractivity contribution in [2.75, 3.05) is 0 Å². The number of fused-ring (bicyclic) bond motifs is 1. The van der Waals surface area contributed by atoms with Crippen molar-refractivity contribution in [3.8, 4) is 0 Å². The number of nitrogens with zero attached hydrogens (tertiary/aromatic N) is 4. The van der Waals surface area contributed by atoms with E-state index >= 15 is 0 Å². The van der Waals surface area contributed by atoms with Gasteiger partial charge in [0.05, 0.1) is 5.69 Å². The third kappa shape index (κ3) is 2.86. The van der Waals surface area contributed by atoms with E-state index in [0.29, 0.717) is 0 Å². The number of hydrogen-bond donors (Lipinski definition) is 1. The van der Waals surface area contributed by atoms with Crippen LogP contribution in [0.25, 0.3) is 5.65 Å². The van der Waals surface area contributed by atoms with E-state index in [1.54, 1.807) is 11.3 Å². The largest absolute Gasteiger partial charge is 0.306 e. The van der Waals surface area contributed by atoms with Gasteiger partial charge in [0.15, 0.2) is 5.65 Å². The molecule has 0 fully saturated rings. The van der Waals surface area contributed by atoms with E-state index in [0.717, 1.165) is 41.4 Å². The lowest BCUT2D eigenvalue weighted by molar-refractivity contribution is 0.682. The summed E-state index contributed by atoms with van der Waals surface area (Å²) in [5, 5.41) is 8.89. The van der Waals surface area contributed by atoms with Crippen molar-refractivity contribution in [1.82, 2.24) is 24.9 Å². The van der Waals surface area contributed by atoms with Crippen molar-refractivity contribution in [3.63, 3.8) is 0 Å². The Bertz CT molecular complexity index is 715. The molecule has 0 amide bonds. The zero-order valence-electron chi connectivity index (χ0n) is 11.6. The Labute approximate surface area is 121 Å². The first-order valence-electron chi connectivity index (χ1n) is 6.70. The third-order valence-corrected chi connectivity index (χ3v) is 4.19. The van der Waals surface area contributed by atoms with Gasteiger partial charge in [-0.25, -0.2) is 14.5 Å². The molecular formula is C14H17N5S. The minimum Gasteiger partial charge on any atom is -0.306 e. The Morgan fingerprint density at radius 3 is 2.95 bits per heavy atom. The summed E-state index contributed by atoms with van der Waals surface area (Å²) < 4.78 is 1.82. The lowest BCUT2D eigenvalue weighted by Crippen LogP contribution is -2.13. The first-order valence-corrected chi connectivity index (χ1v) is 7.51. The van der Waals surface area contributed by atoms with Crippen molar-refractivity contribution in [1.29, 1.82) is 0 Å². The van der Waals surface area contributed by atoms with E-state index in [1.165, 1.54) is 4.88 Å². The van der Waals surface area contributed by atoms with Crippen LogP contribution >= 0.6 is 11.3 Å². The molecule has 3 rings (SSSR count). The summed E-state index contributed by atoms with van der Waals surface area (Å²) in [7, 11) is 0. The van der Waals surface area contributed by atoms with Crippen molar-refractivity contribution in [3.05, 3.63) is 45.8 Å². The van der Waals surface area contributed by atoms with Gasteiger partial charge >= 0.3 is 0 Å². The normalized spacial score (nSPS) is 11.3. The average Bonchev–Trinajstić information content (AvgIpc) is 3.03. The molecule has 0 aliphatic rings. The minimum atomic E-state index is 0.767. The lowest BCUT2D eigenvalue weighted by atomic mass is 10.3. The molecule has 0 aromatic carbocycles. The SMILES string of the molecule is CCc1cnc(CNCc2cnc3cc(C)nn3c2)s1. The van der Waals surface area contributed by atoms with Crippen molar-refractivity contribution >= 4 is 17.0 Å². The van der Waals surface area contributed by atoms with Gasteiger partial charge in [0.1, 0.15) is 5.01 Å². The fraction of sp³-hybridized carbons (Fsp3) is 0.357. The molecule has 5 nitrogen and oxygen atoms in total. The van der Waals surface area contributed by atoms with Gasteiger partial charge in [-0.1, -0.05) is 6.92 Å². The van der Waals surface area contributed by atoms with Crippen LogP contribution in [0.5, 0.6) is 0 Å². The maximum Gasteiger partial charge on any atom is 0.155 e. The second-order valence-electron chi connectivity index (χ2n) is 4.73. The van der Waals surface area contributed by atoms with Gasteiger partial charge in [0, 0.05) is 48.2 Å². The Morgan fingerprint density at radius 2 is 2.15 bits per heavy atom. The Hall–Kier alpha value is -1.79. The number of aromatic nitrogens is 4. The Kier molecular flexibility index (Phi) is 3.75. The van der Waals surface area contributed by atoms with Crippen molar-refractivity contribution in [2.24, 2.45) is 0 Å². The van der Waals surface area contributed by atoms with Crippen LogP contribution in [0, 0.1) is 6.92 Å². The quantitative estimate of drug-likeness (QED) is 0.782. The smallest absolute Gasteiger partial charge is 0.155 e.